The summed E-state index contributed by atoms with van der Waals surface area (Å²) in [5.74, 6) is 0.439. The smallest absolute Gasteiger partial charge is 0.0704 e. The lowest BCUT2D eigenvalue weighted by molar-refractivity contribution is 0.682. The van der Waals surface area contributed by atoms with Crippen molar-refractivity contribution in [1.29, 1.82) is 0 Å². The van der Waals surface area contributed by atoms with Gasteiger partial charge in [-0.3, -0.25) is 4.21 Å². The highest BCUT2D eigenvalue weighted by Crippen LogP contribution is 2.23. The molecule has 94 valence electrons. The van der Waals surface area contributed by atoms with Crippen molar-refractivity contribution in [3.63, 3.8) is 0 Å². The third kappa shape index (κ3) is 3.44. The van der Waals surface area contributed by atoms with E-state index >= 15 is 0 Å². The van der Waals surface area contributed by atoms with Crippen LogP contribution in [0.2, 0.25) is 0 Å². The molecule has 0 spiro atoms. The molecule has 0 aliphatic rings. The molecular weight excluding hydrogens is 264 g/mol. The van der Waals surface area contributed by atoms with Gasteiger partial charge in [-0.2, -0.15) is 0 Å². The first-order valence-electron chi connectivity index (χ1n) is 5.81. The van der Waals surface area contributed by atoms with Gasteiger partial charge in [0.15, 0.2) is 0 Å². The number of hydrogen-bond donors (Lipinski definition) is 0. The Bertz CT molecular complexity index is 522. The second kappa shape index (κ2) is 6.17. The van der Waals surface area contributed by atoms with Crippen molar-refractivity contribution < 1.29 is 4.21 Å². The van der Waals surface area contributed by atoms with Gasteiger partial charge in [0.05, 0.1) is 16.2 Å². The van der Waals surface area contributed by atoms with Crippen LogP contribution in [-0.2, 0) is 10.8 Å². The van der Waals surface area contributed by atoms with Crippen molar-refractivity contribution in [2.75, 3.05) is 5.75 Å². The molecule has 1 nitrogen and oxygen atoms in total. The summed E-state index contributed by atoms with van der Waals surface area (Å²) in [5, 5.41) is -0.215. The van der Waals surface area contributed by atoms with E-state index < -0.39 is 10.8 Å². The Hall–Kier alpha value is -1.12. The monoisotopic (exact) mass is 278 g/mol. The second-order valence-electron chi connectivity index (χ2n) is 4.20. The molecule has 0 saturated heterocycles. The molecule has 0 aromatic heterocycles. The van der Waals surface area contributed by atoms with Gasteiger partial charge in [0.1, 0.15) is 0 Å². The summed E-state index contributed by atoms with van der Waals surface area (Å²) < 4.78 is 12.2. The summed E-state index contributed by atoms with van der Waals surface area (Å²) in [4.78, 5) is 0.835. The molecule has 18 heavy (non-hydrogen) atoms. The zero-order valence-electron chi connectivity index (χ0n) is 10.2. The molecule has 2 rings (SSSR count). The van der Waals surface area contributed by atoms with E-state index in [1.54, 1.807) is 0 Å². The molecule has 3 heteroatoms. The van der Waals surface area contributed by atoms with Crippen LogP contribution in [0.1, 0.15) is 16.5 Å². The van der Waals surface area contributed by atoms with Gasteiger partial charge in [0.25, 0.3) is 0 Å². The fourth-order valence-corrected chi connectivity index (χ4v) is 3.26. The normalized spacial score (nSPS) is 14.1. The number of halogens is 1. The van der Waals surface area contributed by atoms with Crippen LogP contribution in [0.5, 0.6) is 0 Å². The van der Waals surface area contributed by atoms with E-state index in [9.17, 15) is 4.21 Å². The third-order valence-electron chi connectivity index (χ3n) is 2.74. The number of aryl methyl sites for hydroxylation is 1. The molecule has 0 aliphatic heterocycles. The van der Waals surface area contributed by atoms with E-state index in [1.807, 2.05) is 61.5 Å². The number of benzene rings is 2. The Morgan fingerprint density at radius 2 is 1.67 bits per heavy atom. The fourth-order valence-electron chi connectivity index (χ4n) is 1.68. The van der Waals surface area contributed by atoms with Crippen LogP contribution in [0.25, 0.3) is 0 Å². The van der Waals surface area contributed by atoms with E-state index in [2.05, 4.69) is 0 Å². The lowest BCUT2D eigenvalue weighted by atomic mass is 10.2. The fraction of sp³-hybridized carbons (Fsp3) is 0.200. The first-order valence-corrected chi connectivity index (χ1v) is 7.56. The average Bonchev–Trinajstić information content (AvgIpc) is 2.40. The summed E-state index contributed by atoms with van der Waals surface area (Å²) in [6.07, 6.45) is 0. The minimum Gasteiger partial charge on any atom is -0.254 e. The van der Waals surface area contributed by atoms with Gasteiger partial charge in [0, 0.05) is 10.6 Å². The molecule has 0 heterocycles. The van der Waals surface area contributed by atoms with E-state index in [-0.39, 0.29) is 5.38 Å². The first-order chi connectivity index (χ1) is 8.66. The molecule has 2 aromatic rings. The Kier molecular flexibility index (Phi) is 4.56. The standard InChI is InChI=1S/C15H15ClOS/c1-12-7-9-14(10-8-12)18(17)11-15(16)13-5-3-2-4-6-13/h2-10,15H,11H2,1H3/t15-,18+/m1/s1. The number of rotatable bonds is 4. The van der Waals surface area contributed by atoms with Crippen molar-refractivity contribution in [2.24, 2.45) is 0 Å². The molecule has 0 aliphatic carbocycles. The zero-order chi connectivity index (χ0) is 13.0. The highest BCUT2D eigenvalue weighted by molar-refractivity contribution is 7.85. The second-order valence-corrected chi connectivity index (χ2v) is 6.23. The van der Waals surface area contributed by atoms with Crippen molar-refractivity contribution in [2.45, 2.75) is 17.2 Å². The minimum absolute atomic E-state index is 0.215. The van der Waals surface area contributed by atoms with Crippen molar-refractivity contribution in [1.82, 2.24) is 0 Å². The predicted octanol–water partition coefficient (Wildman–Crippen LogP) is 4.08. The van der Waals surface area contributed by atoms with Crippen LogP contribution >= 0.6 is 11.6 Å². The molecule has 0 unspecified atom stereocenters. The molecule has 0 bridgehead atoms. The zero-order valence-corrected chi connectivity index (χ0v) is 11.7. The third-order valence-corrected chi connectivity index (χ3v) is 4.77. The van der Waals surface area contributed by atoms with Gasteiger partial charge in [-0.1, -0.05) is 48.0 Å². The maximum Gasteiger partial charge on any atom is 0.0704 e. The van der Waals surface area contributed by atoms with E-state index in [0.717, 1.165) is 10.5 Å². The van der Waals surface area contributed by atoms with Gasteiger partial charge in [0.2, 0.25) is 0 Å². The Morgan fingerprint density at radius 1 is 1.06 bits per heavy atom. The summed E-state index contributed by atoms with van der Waals surface area (Å²) >= 11 is 6.29. The topological polar surface area (TPSA) is 17.1 Å². The Labute approximate surface area is 115 Å². The van der Waals surface area contributed by atoms with Crippen LogP contribution in [0, 0.1) is 6.92 Å². The summed E-state index contributed by atoms with van der Waals surface area (Å²) in [5.41, 5.74) is 2.18. The van der Waals surface area contributed by atoms with Gasteiger partial charge < -0.3 is 0 Å². The van der Waals surface area contributed by atoms with Crippen LogP contribution < -0.4 is 0 Å². The lowest BCUT2D eigenvalue weighted by Crippen LogP contribution is -2.04. The lowest BCUT2D eigenvalue weighted by Gasteiger charge is -2.09. The van der Waals surface area contributed by atoms with Gasteiger partial charge in [-0.25, -0.2) is 0 Å². The Morgan fingerprint density at radius 3 is 2.28 bits per heavy atom. The van der Waals surface area contributed by atoms with E-state index in [0.29, 0.717) is 5.75 Å². The minimum atomic E-state index is -1.05. The summed E-state index contributed by atoms with van der Waals surface area (Å²) in [7, 11) is -1.05. The predicted molar refractivity (Wildman–Crippen MR) is 77.5 cm³/mol. The first kappa shape index (κ1) is 13.3. The van der Waals surface area contributed by atoms with Gasteiger partial charge in [-0.05, 0) is 24.6 Å². The van der Waals surface area contributed by atoms with E-state index in [1.165, 1.54) is 5.56 Å². The molecule has 0 saturated carbocycles. The molecule has 2 atom stereocenters. The van der Waals surface area contributed by atoms with Crippen LogP contribution in [0.15, 0.2) is 59.5 Å². The van der Waals surface area contributed by atoms with Gasteiger partial charge >= 0.3 is 0 Å². The quantitative estimate of drug-likeness (QED) is 0.770. The summed E-state index contributed by atoms with van der Waals surface area (Å²) in [6, 6.07) is 17.5. The SMILES string of the molecule is Cc1ccc([S@@](=O)C[C@@H](Cl)c2ccccc2)cc1. The largest absolute Gasteiger partial charge is 0.254 e. The van der Waals surface area contributed by atoms with Crippen LogP contribution in [-0.4, -0.2) is 9.96 Å². The average molecular weight is 279 g/mol. The van der Waals surface area contributed by atoms with Crippen LogP contribution in [0.4, 0.5) is 0 Å². The molecular formula is C15H15ClOS. The van der Waals surface area contributed by atoms with Crippen molar-refractivity contribution >= 4 is 22.4 Å². The molecule has 0 amide bonds. The van der Waals surface area contributed by atoms with Crippen molar-refractivity contribution in [3.05, 3.63) is 65.7 Å². The molecule has 2 aromatic carbocycles. The van der Waals surface area contributed by atoms with Crippen LogP contribution in [0.3, 0.4) is 0 Å². The molecule has 0 N–H and O–H groups in total. The number of alkyl halides is 1. The maximum atomic E-state index is 12.2. The maximum absolute atomic E-state index is 12.2. The Balaban J connectivity index is 2.06. The highest BCUT2D eigenvalue weighted by atomic mass is 35.5. The number of hydrogen-bond acceptors (Lipinski definition) is 1. The molecule has 0 fully saturated rings. The van der Waals surface area contributed by atoms with Crippen molar-refractivity contribution in [3.8, 4) is 0 Å². The highest BCUT2D eigenvalue weighted by Gasteiger charge is 2.13. The van der Waals surface area contributed by atoms with E-state index in [4.69, 9.17) is 11.6 Å². The van der Waals surface area contributed by atoms with Gasteiger partial charge in [-0.15, -0.1) is 11.6 Å². The molecule has 0 radical (unpaired) electrons. The summed E-state index contributed by atoms with van der Waals surface area (Å²) in [6.45, 7) is 2.01.